The molecule has 3 rings (SSSR count). The van der Waals surface area contributed by atoms with Crippen LogP contribution in [0.15, 0.2) is 89.6 Å². The summed E-state index contributed by atoms with van der Waals surface area (Å²) in [7, 11) is 0. The van der Waals surface area contributed by atoms with Gasteiger partial charge in [0.15, 0.2) is 0 Å². The minimum absolute atomic E-state index is 0.322. The average molecular weight is 256 g/mol. The van der Waals surface area contributed by atoms with Crippen molar-refractivity contribution < 1.29 is 5.11 Å². The zero-order chi connectivity index (χ0) is 12.9. The van der Waals surface area contributed by atoms with Crippen LogP contribution in [0.25, 0.3) is 0 Å². The summed E-state index contributed by atoms with van der Waals surface area (Å²) in [6.45, 7) is 0. The first-order chi connectivity index (χ1) is 8.89. The number of phenols is 1. The van der Waals surface area contributed by atoms with Crippen LogP contribution in [-0.4, -0.2) is 5.11 Å². The molecule has 0 saturated carbocycles. The summed E-state index contributed by atoms with van der Waals surface area (Å²) in [5, 5.41) is 12.7. The molecule has 0 bridgehead atoms. The van der Waals surface area contributed by atoms with E-state index < -0.39 is 0 Å². The molecule has 18 heavy (non-hydrogen) atoms. The maximum atomic E-state index is 8.63. The Bertz CT molecular complexity index is 419. The van der Waals surface area contributed by atoms with E-state index in [1.165, 1.54) is 0 Å². The van der Waals surface area contributed by atoms with Crippen molar-refractivity contribution in [3.05, 3.63) is 89.6 Å². The van der Waals surface area contributed by atoms with Crippen LogP contribution in [0.4, 0.5) is 0 Å². The first-order valence-electron chi connectivity index (χ1n) is 5.61. The third-order valence-corrected chi connectivity index (χ3v) is 2.48. The third-order valence-electron chi connectivity index (χ3n) is 1.85. The molecule has 0 unspecified atom stereocenters. The van der Waals surface area contributed by atoms with Gasteiger partial charge in [-0.3, -0.25) is 0 Å². The smallest absolute Gasteiger partial charge is 0.115 e. The highest BCUT2D eigenvalue weighted by Gasteiger charge is 1.74. The fraction of sp³-hybridized carbons (Fsp3) is 0. The molecule has 0 radical (unpaired) electrons. The molecule has 2 aromatic carbocycles. The number of benzene rings is 2. The second kappa shape index (κ2) is 10.1. The van der Waals surface area contributed by atoms with E-state index >= 15 is 0 Å². The Kier molecular flexibility index (Phi) is 7.87. The Labute approximate surface area is 112 Å². The van der Waals surface area contributed by atoms with Gasteiger partial charge >= 0.3 is 0 Å². The maximum Gasteiger partial charge on any atom is 0.115 e. The standard InChI is InChI=1S/C6H6O.C6H6.C4H4S/c7-6-4-2-1-3-5-6;1-2-4-6-5-3-1;1-2-4-5-3-1/h1-5,7H;1-6H;1-4H. The highest BCUT2D eigenvalue weighted by atomic mass is 32.1. The minimum atomic E-state index is 0.322. The van der Waals surface area contributed by atoms with Crippen molar-refractivity contribution in [1.82, 2.24) is 0 Å². The van der Waals surface area contributed by atoms with Crippen LogP contribution < -0.4 is 0 Å². The van der Waals surface area contributed by atoms with Crippen LogP contribution in [0.1, 0.15) is 0 Å². The lowest BCUT2D eigenvalue weighted by molar-refractivity contribution is 0.475. The summed E-state index contributed by atoms with van der Waals surface area (Å²) in [5.74, 6) is 0.322. The molecular formula is C16H16OS. The summed E-state index contributed by atoms with van der Waals surface area (Å²) in [6, 6.07) is 24.7. The molecule has 2 heteroatoms. The van der Waals surface area contributed by atoms with Crippen molar-refractivity contribution in [2.24, 2.45) is 0 Å². The van der Waals surface area contributed by atoms with Gasteiger partial charge in [-0.05, 0) is 22.9 Å². The summed E-state index contributed by atoms with van der Waals surface area (Å²) < 4.78 is 0. The van der Waals surface area contributed by atoms with Crippen LogP contribution in [0.5, 0.6) is 5.75 Å². The number of hydrogen-bond acceptors (Lipinski definition) is 2. The predicted octanol–water partition coefficient (Wildman–Crippen LogP) is 4.83. The van der Waals surface area contributed by atoms with E-state index in [-0.39, 0.29) is 0 Å². The number of rotatable bonds is 0. The van der Waals surface area contributed by atoms with Gasteiger partial charge < -0.3 is 5.11 Å². The monoisotopic (exact) mass is 256 g/mol. The van der Waals surface area contributed by atoms with Crippen molar-refractivity contribution in [3.8, 4) is 5.75 Å². The normalized spacial score (nSPS) is 8.22. The Morgan fingerprint density at radius 2 is 0.944 bits per heavy atom. The van der Waals surface area contributed by atoms with Crippen LogP contribution in [0.2, 0.25) is 0 Å². The van der Waals surface area contributed by atoms with E-state index in [0.29, 0.717) is 5.75 Å². The fourth-order valence-electron chi connectivity index (χ4n) is 1.04. The van der Waals surface area contributed by atoms with Crippen molar-refractivity contribution in [1.29, 1.82) is 0 Å². The van der Waals surface area contributed by atoms with Gasteiger partial charge in [-0.2, -0.15) is 11.3 Å². The first kappa shape index (κ1) is 14.0. The largest absolute Gasteiger partial charge is 0.508 e. The Balaban J connectivity index is 0.000000137. The maximum absolute atomic E-state index is 8.63. The van der Waals surface area contributed by atoms with Crippen LogP contribution in [0.3, 0.4) is 0 Å². The summed E-state index contributed by atoms with van der Waals surface area (Å²) in [6.07, 6.45) is 0. The molecule has 0 saturated heterocycles. The van der Waals surface area contributed by atoms with Gasteiger partial charge in [0.2, 0.25) is 0 Å². The molecule has 0 amide bonds. The molecule has 92 valence electrons. The van der Waals surface area contributed by atoms with Gasteiger partial charge in [-0.1, -0.05) is 66.7 Å². The van der Waals surface area contributed by atoms with Crippen molar-refractivity contribution in [3.63, 3.8) is 0 Å². The molecule has 1 heterocycles. The lowest BCUT2D eigenvalue weighted by atomic mass is 10.3. The molecular weight excluding hydrogens is 240 g/mol. The number of aromatic hydroxyl groups is 1. The number of para-hydroxylation sites is 1. The third kappa shape index (κ3) is 8.13. The van der Waals surface area contributed by atoms with E-state index in [2.05, 4.69) is 0 Å². The van der Waals surface area contributed by atoms with Crippen molar-refractivity contribution >= 4 is 11.3 Å². The zero-order valence-corrected chi connectivity index (χ0v) is 10.8. The summed E-state index contributed by atoms with van der Waals surface area (Å²) in [5.41, 5.74) is 0. The fourth-order valence-corrected chi connectivity index (χ4v) is 1.49. The van der Waals surface area contributed by atoms with E-state index in [1.54, 1.807) is 35.6 Å². The summed E-state index contributed by atoms with van der Waals surface area (Å²) >= 11 is 1.71. The lowest BCUT2D eigenvalue weighted by Crippen LogP contribution is -1.56. The first-order valence-corrected chi connectivity index (χ1v) is 6.55. The Hall–Kier alpha value is -2.06. The topological polar surface area (TPSA) is 20.2 Å². The van der Waals surface area contributed by atoms with Gasteiger partial charge in [0.25, 0.3) is 0 Å². The van der Waals surface area contributed by atoms with Crippen molar-refractivity contribution in [2.45, 2.75) is 0 Å². The SMILES string of the molecule is Oc1ccccc1.c1ccccc1.c1ccsc1. The molecule has 1 aromatic heterocycles. The van der Waals surface area contributed by atoms with Gasteiger partial charge in [0, 0.05) is 0 Å². The number of hydrogen-bond donors (Lipinski definition) is 1. The molecule has 0 fully saturated rings. The molecule has 3 aromatic rings. The second-order valence-electron chi connectivity index (χ2n) is 3.28. The minimum Gasteiger partial charge on any atom is -0.508 e. The molecule has 0 atom stereocenters. The average Bonchev–Trinajstić information content (AvgIpc) is 3.01. The van der Waals surface area contributed by atoms with Crippen LogP contribution >= 0.6 is 11.3 Å². The quantitative estimate of drug-likeness (QED) is 0.611. The van der Waals surface area contributed by atoms with E-state index in [0.717, 1.165) is 0 Å². The van der Waals surface area contributed by atoms with Gasteiger partial charge in [-0.15, -0.1) is 0 Å². The molecule has 0 aliphatic heterocycles. The highest BCUT2D eigenvalue weighted by Crippen LogP contribution is 2.02. The summed E-state index contributed by atoms with van der Waals surface area (Å²) in [4.78, 5) is 0. The number of phenolic OH excluding ortho intramolecular Hbond substituents is 1. The Morgan fingerprint density at radius 3 is 1.17 bits per heavy atom. The lowest BCUT2D eigenvalue weighted by Gasteiger charge is -1.82. The van der Waals surface area contributed by atoms with Gasteiger partial charge in [-0.25, -0.2) is 0 Å². The van der Waals surface area contributed by atoms with E-state index in [4.69, 9.17) is 5.11 Å². The Morgan fingerprint density at radius 1 is 0.556 bits per heavy atom. The van der Waals surface area contributed by atoms with E-state index in [1.807, 2.05) is 65.4 Å². The van der Waals surface area contributed by atoms with Crippen molar-refractivity contribution in [2.75, 3.05) is 0 Å². The van der Waals surface area contributed by atoms with Crippen LogP contribution in [0, 0.1) is 0 Å². The molecule has 0 aliphatic carbocycles. The molecule has 0 aliphatic rings. The highest BCUT2D eigenvalue weighted by molar-refractivity contribution is 7.07. The number of thiophene rings is 1. The van der Waals surface area contributed by atoms with Crippen LogP contribution in [-0.2, 0) is 0 Å². The zero-order valence-electron chi connectivity index (χ0n) is 10.0. The van der Waals surface area contributed by atoms with Gasteiger partial charge in [0.1, 0.15) is 5.75 Å². The van der Waals surface area contributed by atoms with Gasteiger partial charge in [0.05, 0.1) is 0 Å². The predicted molar refractivity (Wildman–Crippen MR) is 78.9 cm³/mol. The molecule has 1 nitrogen and oxygen atoms in total. The van der Waals surface area contributed by atoms with E-state index in [9.17, 15) is 0 Å². The molecule has 0 spiro atoms. The second-order valence-corrected chi connectivity index (χ2v) is 4.10. The molecule has 1 N–H and O–H groups in total.